The molecule has 0 spiro atoms. The normalized spacial score (nSPS) is 17.8. The van der Waals surface area contributed by atoms with E-state index in [9.17, 15) is 0 Å². The Balaban J connectivity index is 0.00000225. The molecule has 5 heteroatoms. The lowest BCUT2D eigenvalue weighted by molar-refractivity contribution is 0.127. The van der Waals surface area contributed by atoms with Crippen LogP contribution in [0.15, 0.2) is 48.7 Å². The quantitative estimate of drug-likeness (QED) is 0.824. The molecule has 1 N–H and O–H groups in total. The standard InChI is InChI=1S/C20H26ClN3.ClH/c1-20(10-13-22-14-11-20)15-24(2)19(18-5-3-4-12-23-18)16-6-8-17(21)9-7-16;/h3-9,12,19,22H,10-11,13-15H2,1-2H3;1H. The zero-order valence-electron chi connectivity index (χ0n) is 14.9. The van der Waals surface area contributed by atoms with Gasteiger partial charge in [-0.1, -0.05) is 36.7 Å². The largest absolute Gasteiger partial charge is 0.317 e. The van der Waals surface area contributed by atoms with E-state index in [1.165, 1.54) is 18.4 Å². The summed E-state index contributed by atoms with van der Waals surface area (Å²) in [5.74, 6) is 0. The van der Waals surface area contributed by atoms with Gasteiger partial charge in [0.2, 0.25) is 0 Å². The molecule has 0 bridgehead atoms. The third kappa shape index (κ3) is 5.18. The van der Waals surface area contributed by atoms with Gasteiger partial charge in [-0.25, -0.2) is 0 Å². The Morgan fingerprint density at radius 2 is 1.84 bits per heavy atom. The molecule has 25 heavy (non-hydrogen) atoms. The topological polar surface area (TPSA) is 28.2 Å². The predicted molar refractivity (Wildman–Crippen MR) is 108 cm³/mol. The number of rotatable bonds is 5. The van der Waals surface area contributed by atoms with E-state index in [0.29, 0.717) is 5.41 Å². The molecule has 1 aromatic heterocycles. The van der Waals surface area contributed by atoms with Crippen molar-refractivity contribution < 1.29 is 0 Å². The molecule has 1 aliphatic rings. The van der Waals surface area contributed by atoms with Crippen LogP contribution in [0.3, 0.4) is 0 Å². The van der Waals surface area contributed by atoms with Gasteiger partial charge in [0.15, 0.2) is 0 Å². The van der Waals surface area contributed by atoms with E-state index in [-0.39, 0.29) is 18.4 Å². The van der Waals surface area contributed by atoms with Crippen LogP contribution in [0.1, 0.15) is 37.1 Å². The van der Waals surface area contributed by atoms with Crippen LogP contribution in [0, 0.1) is 5.41 Å². The minimum absolute atomic E-state index is 0. The van der Waals surface area contributed by atoms with Gasteiger partial charge in [-0.2, -0.15) is 0 Å². The first kappa shape index (κ1) is 20.2. The van der Waals surface area contributed by atoms with E-state index in [0.717, 1.165) is 30.4 Å². The fourth-order valence-electron chi connectivity index (χ4n) is 3.72. The van der Waals surface area contributed by atoms with Crippen molar-refractivity contribution in [2.75, 3.05) is 26.7 Å². The fourth-order valence-corrected chi connectivity index (χ4v) is 3.84. The fraction of sp³-hybridized carbons (Fsp3) is 0.450. The van der Waals surface area contributed by atoms with Crippen molar-refractivity contribution in [2.24, 2.45) is 5.41 Å². The van der Waals surface area contributed by atoms with Gasteiger partial charge in [-0.05, 0) is 68.2 Å². The Bertz CT molecular complexity index is 640. The van der Waals surface area contributed by atoms with Crippen molar-refractivity contribution in [3.05, 3.63) is 64.9 Å². The van der Waals surface area contributed by atoms with Crippen molar-refractivity contribution in [1.82, 2.24) is 15.2 Å². The second-order valence-electron chi connectivity index (χ2n) is 7.18. The second-order valence-corrected chi connectivity index (χ2v) is 7.62. The summed E-state index contributed by atoms with van der Waals surface area (Å²) in [5, 5.41) is 4.24. The molecule has 1 unspecified atom stereocenters. The van der Waals surface area contributed by atoms with Crippen LogP contribution in [0.4, 0.5) is 0 Å². The highest BCUT2D eigenvalue weighted by atomic mass is 35.5. The Morgan fingerprint density at radius 1 is 1.16 bits per heavy atom. The summed E-state index contributed by atoms with van der Waals surface area (Å²) < 4.78 is 0. The number of pyridine rings is 1. The molecule has 1 saturated heterocycles. The number of nitrogens with zero attached hydrogens (tertiary/aromatic N) is 2. The maximum atomic E-state index is 6.08. The number of benzene rings is 1. The Hall–Kier alpha value is -1.13. The van der Waals surface area contributed by atoms with Gasteiger partial charge < -0.3 is 5.32 Å². The van der Waals surface area contributed by atoms with Crippen LogP contribution in [0.25, 0.3) is 0 Å². The van der Waals surface area contributed by atoms with Crippen LogP contribution < -0.4 is 5.32 Å². The van der Waals surface area contributed by atoms with E-state index < -0.39 is 0 Å². The average Bonchev–Trinajstić information content (AvgIpc) is 2.58. The number of aromatic nitrogens is 1. The molecule has 0 amide bonds. The third-order valence-electron chi connectivity index (χ3n) is 5.04. The van der Waals surface area contributed by atoms with Gasteiger partial charge in [0, 0.05) is 17.8 Å². The smallest absolute Gasteiger partial charge is 0.0774 e. The second kappa shape index (κ2) is 9.00. The lowest BCUT2D eigenvalue weighted by Gasteiger charge is -2.40. The molecule has 1 aromatic carbocycles. The van der Waals surface area contributed by atoms with Gasteiger partial charge in [-0.3, -0.25) is 9.88 Å². The first-order valence-electron chi connectivity index (χ1n) is 8.65. The van der Waals surface area contributed by atoms with Gasteiger partial charge in [0.1, 0.15) is 0 Å². The summed E-state index contributed by atoms with van der Waals surface area (Å²) in [6.07, 6.45) is 4.30. The summed E-state index contributed by atoms with van der Waals surface area (Å²) >= 11 is 6.08. The van der Waals surface area contributed by atoms with Crippen LogP contribution in [-0.2, 0) is 0 Å². The summed E-state index contributed by atoms with van der Waals surface area (Å²) in [5.41, 5.74) is 2.66. The van der Waals surface area contributed by atoms with Crippen molar-refractivity contribution >= 4 is 24.0 Å². The number of hydrogen-bond acceptors (Lipinski definition) is 3. The van der Waals surface area contributed by atoms with E-state index >= 15 is 0 Å². The van der Waals surface area contributed by atoms with Gasteiger partial charge >= 0.3 is 0 Å². The Labute approximate surface area is 162 Å². The number of hydrogen-bond donors (Lipinski definition) is 1. The maximum absolute atomic E-state index is 6.08. The Kier molecular flexibility index (Phi) is 7.26. The van der Waals surface area contributed by atoms with Crippen LogP contribution in [-0.4, -0.2) is 36.6 Å². The van der Waals surface area contributed by atoms with Crippen molar-refractivity contribution in [1.29, 1.82) is 0 Å². The van der Waals surface area contributed by atoms with E-state index in [2.05, 4.69) is 53.4 Å². The molecule has 0 saturated carbocycles. The minimum atomic E-state index is 0. The lowest BCUT2D eigenvalue weighted by atomic mass is 9.80. The monoisotopic (exact) mass is 379 g/mol. The first-order valence-corrected chi connectivity index (χ1v) is 9.03. The minimum Gasteiger partial charge on any atom is -0.317 e. The number of halogens is 2. The molecule has 2 aromatic rings. The highest BCUT2D eigenvalue weighted by Crippen LogP contribution is 2.34. The van der Waals surface area contributed by atoms with Crippen molar-refractivity contribution in [3.8, 4) is 0 Å². The summed E-state index contributed by atoms with van der Waals surface area (Å²) in [7, 11) is 2.21. The predicted octanol–water partition coefficient (Wildman–Crippen LogP) is 4.57. The van der Waals surface area contributed by atoms with E-state index in [1.54, 1.807) is 0 Å². The molecule has 1 atom stereocenters. The van der Waals surface area contributed by atoms with Crippen molar-refractivity contribution in [3.63, 3.8) is 0 Å². The first-order chi connectivity index (χ1) is 11.6. The molecule has 1 aliphatic heterocycles. The molecule has 3 rings (SSSR count). The van der Waals surface area contributed by atoms with Gasteiger partial charge in [0.25, 0.3) is 0 Å². The molecule has 3 nitrogen and oxygen atoms in total. The Morgan fingerprint density at radius 3 is 2.44 bits per heavy atom. The average molecular weight is 380 g/mol. The molecule has 0 radical (unpaired) electrons. The molecule has 1 fully saturated rings. The zero-order chi connectivity index (χ0) is 17.0. The zero-order valence-corrected chi connectivity index (χ0v) is 16.5. The van der Waals surface area contributed by atoms with Gasteiger partial charge in [0.05, 0.1) is 11.7 Å². The summed E-state index contributed by atoms with van der Waals surface area (Å²) in [4.78, 5) is 7.07. The highest BCUT2D eigenvalue weighted by Gasteiger charge is 2.31. The molecular weight excluding hydrogens is 353 g/mol. The van der Waals surface area contributed by atoms with E-state index in [4.69, 9.17) is 11.6 Å². The number of piperidine rings is 1. The summed E-state index contributed by atoms with van der Waals surface area (Å²) in [6, 6.07) is 14.4. The third-order valence-corrected chi connectivity index (χ3v) is 5.29. The molecule has 2 heterocycles. The van der Waals surface area contributed by atoms with Gasteiger partial charge in [-0.15, -0.1) is 12.4 Å². The molecule has 0 aliphatic carbocycles. The SMILES string of the molecule is CN(CC1(C)CCNCC1)C(c1ccc(Cl)cc1)c1ccccn1.Cl. The van der Waals surface area contributed by atoms with Crippen LogP contribution in [0.2, 0.25) is 5.02 Å². The lowest BCUT2D eigenvalue weighted by Crippen LogP contribution is -2.43. The molecular formula is C20H27Cl2N3. The van der Waals surface area contributed by atoms with E-state index in [1.807, 2.05) is 24.4 Å². The highest BCUT2D eigenvalue weighted by molar-refractivity contribution is 6.30. The summed E-state index contributed by atoms with van der Waals surface area (Å²) in [6.45, 7) is 5.68. The maximum Gasteiger partial charge on any atom is 0.0774 e. The van der Waals surface area contributed by atoms with Crippen LogP contribution in [0.5, 0.6) is 0 Å². The van der Waals surface area contributed by atoms with Crippen LogP contribution >= 0.6 is 24.0 Å². The number of nitrogens with one attached hydrogen (secondary N) is 1. The molecule has 136 valence electrons. The van der Waals surface area contributed by atoms with Crippen molar-refractivity contribution in [2.45, 2.75) is 25.8 Å².